The summed E-state index contributed by atoms with van der Waals surface area (Å²) in [5.41, 5.74) is 0. The summed E-state index contributed by atoms with van der Waals surface area (Å²) in [5.74, 6) is 2.55. The summed E-state index contributed by atoms with van der Waals surface area (Å²) >= 11 is 1.72. The van der Waals surface area contributed by atoms with E-state index in [4.69, 9.17) is 4.99 Å². The summed E-state index contributed by atoms with van der Waals surface area (Å²) < 4.78 is 0. The molecule has 1 heterocycles. The Hall–Kier alpha value is -0.510. The van der Waals surface area contributed by atoms with Crippen molar-refractivity contribution in [3.05, 3.63) is 0 Å². The van der Waals surface area contributed by atoms with Crippen LogP contribution in [0.1, 0.15) is 51.4 Å². The maximum absolute atomic E-state index is 12.1. The maximum Gasteiger partial charge on any atom is 0.239 e. The predicted octanol–water partition coefficient (Wildman–Crippen LogP) is 2.95. The van der Waals surface area contributed by atoms with Crippen LogP contribution in [0.2, 0.25) is 0 Å². The molecular formula is C15H22N2OS. The van der Waals surface area contributed by atoms with Gasteiger partial charge in [0.25, 0.3) is 0 Å². The Bertz CT molecular complexity index is 416. The third-order valence-electron chi connectivity index (χ3n) is 5.54. The normalized spacial score (nSPS) is 44.4. The molecule has 0 radical (unpaired) electrons. The van der Waals surface area contributed by atoms with Gasteiger partial charge >= 0.3 is 0 Å². The lowest BCUT2D eigenvalue weighted by Gasteiger charge is -2.17. The number of nitrogens with one attached hydrogen (secondary N) is 1. The quantitative estimate of drug-likeness (QED) is 0.843. The van der Waals surface area contributed by atoms with E-state index in [9.17, 15) is 4.79 Å². The van der Waals surface area contributed by atoms with E-state index in [-0.39, 0.29) is 11.2 Å². The van der Waals surface area contributed by atoms with Crippen LogP contribution < -0.4 is 5.32 Å². The molecule has 3 aliphatic carbocycles. The molecule has 19 heavy (non-hydrogen) atoms. The SMILES string of the molecule is O=C1NC(=N[C@H]2C[C@H]3CC[C@H]2C3)SC1C1CCCC1. The second kappa shape index (κ2) is 4.80. The van der Waals surface area contributed by atoms with E-state index in [1.807, 2.05) is 0 Å². The van der Waals surface area contributed by atoms with Gasteiger partial charge in [-0.05, 0) is 49.9 Å². The zero-order chi connectivity index (χ0) is 12.8. The molecule has 1 aliphatic heterocycles. The number of hydrogen-bond donors (Lipinski definition) is 1. The van der Waals surface area contributed by atoms with E-state index >= 15 is 0 Å². The molecule has 4 rings (SSSR count). The van der Waals surface area contributed by atoms with Gasteiger partial charge in [-0.15, -0.1) is 0 Å². The molecule has 4 aliphatic rings. The molecule has 4 fully saturated rings. The largest absolute Gasteiger partial charge is 0.304 e. The summed E-state index contributed by atoms with van der Waals surface area (Å²) in [6.07, 6.45) is 10.5. The van der Waals surface area contributed by atoms with Crippen LogP contribution in [0, 0.1) is 17.8 Å². The topological polar surface area (TPSA) is 41.5 Å². The van der Waals surface area contributed by atoms with Crippen LogP contribution in [0.15, 0.2) is 4.99 Å². The number of fused-ring (bicyclic) bond motifs is 2. The number of nitrogens with zero attached hydrogens (tertiary/aromatic N) is 1. The molecular weight excluding hydrogens is 256 g/mol. The number of carbonyl (C=O) groups excluding carboxylic acids is 1. The zero-order valence-corrected chi connectivity index (χ0v) is 12.1. The summed E-state index contributed by atoms with van der Waals surface area (Å²) in [7, 11) is 0. The lowest BCUT2D eigenvalue weighted by molar-refractivity contribution is -0.119. The summed E-state index contributed by atoms with van der Waals surface area (Å²) in [6.45, 7) is 0. The van der Waals surface area contributed by atoms with E-state index < -0.39 is 0 Å². The van der Waals surface area contributed by atoms with E-state index in [0.29, 0.717) is 12.0 Å². The molecule has 3 saturated carbocycles. The molecule has 0 spiro atoms. The molecule has 4 heteroatoms. The fraction of sp³-hybridized carbons (Fsp3) is 0.867. The third-order valence-corrected chi connectivity index (χ3v) is 6.82. The minimum absolute atomic E-state index is 0.153. The minimum atomic E-state index is 0.153. The molecule has 104 valence electrons. The summed E-state index contributed by atoms with van der Waals surface area (Å²) in [4.78, 5) is 17.0. The van der Waals surface area contributed by atoms with Crippen molar-refractivity contribution in [2.24, 2.45) is 22.7 Å². The van der Waals surface area contributed by atoms with Crippen LogP contribution >= 0.6 is 11.8 Å². The second-order valence-electron chi connectivity index (χ2n) is 6.75. The van der Waals surface area contributed by atoms with Gasteiger partial charge in [0.15, 0.2) is 5.17 Å². The van der Waals surface area contributed by atoms with Gasteiger partial charge in [-0.2, -0.15) is 0 Å². The van der Waals surface area contributed by atoms with Crippen LogP contribution in [0.4, 0.5) is 0 Å². The van der Waals surface area contributed by atoms with E-state index in [2.05, 4.69) is 5.32 Å². The van der Waals surface area contributed by atoms with Crippen molar-refractivity contribution in [3.63, 3.8) is 0 Å². The first kappa shape index (κ1) is 12.2. The van der Waals surface area contributed by atoms with Crippen molar-refractivity contribution < 1.29 is 4.79 Å². The van der Waals surface area contributed by atoms with Gasteiger partial charge in [0.05, 0.1) is 11.3 Å². The first-order chi connectivity index (χ1) is 9.29. The van der Waals surface area contributed by atoms with E-state index in [1.165, 1.54) is 51.4 Å². The van der Waals surface area contributed by atoms with Crippen molar-refractivity contribution >= 4 is 22.8 Å². The highest BCUT2D eigenvalue weighted by atomic mass is 32.2. The fourth-order valence-electron chi connectivity index (χ4n) is 4.53. The van der Waals surface area contributed by atoms with E-state index in [0.717, 1.165) is 17.0 Å². The van der Waals surface area contributed by atoms with Gasteiger partial charge < -0.3 is 5.32 Å². The highest BCUT2D eigenvalue weighted by Crippen LogP contribution is 2.46. The third kappa shape index (κ3) is 2.22. The second-order valence-corrected chi connectivity index (χ2v) is 7.88. The molecule has 1 saturated heterocycles. The molecule has 0 aromatic heterocycles. The Morgan fingerprint density at radius 2 is 1.89 bits per heavy atom. The summed E-state index contributed by atoms with van der Waals surface area (Å²) in [6, 6.07) is 0.504. The molecule has 1 amide bonds. The van der Waals surface area contributed by atoms with E-state index in [1.54, 1.807) is 11.8 Å². The Balaban J connectivity index is 1.44. The Kier molecular flexibility index (Phi) is 3.09. The number of amides is 1. The number of aliphatic imine (C=N–C) groups is 1. The van der Waals surface area contributed by atoms with Crippen LogP contribution in [-0.4, -0.2) is 22.4 Å². The number of carbonyl (C=O) groups is 1. The number of hydrogen-bond acceptors (Lipinski definition) is 3. The highest BCUT2D eigenvalue weighted by molar-refractivity contribution is 8.15. The fourth-order valence-corrected chi connectivity index (χ4v) is 5.76. The van der Waals surface area contributed by atoms with Crippen molar-refractivity contribution in [3.8, 4) is 0 Å². The number of thioether (sulfide) groups is 1. The van der Waals surface area contributed by atoms with Crippen LogP contribution in [0.25, 0.3) is 0 Å². The van der Waals surface area contributed by atoms with Gasteiger partial charge in [-0.25, -0.2) is 0 Å². The monoisotopic (exact) mass is 278 g/mol. The standard InChI is InChI=1S/C15H22N2OS/c18-14-13(10-3-1-2-4-10)19-15(17-14)16-12-8-9-5-6-11(12)7-9/h9-13H,1-8H2,(H,16,17,18)/t9-,11-,12-,13?/m0/s1. The van der Waals surface area contributed by atoms with Gasteiger partial charge in [-0.1, -0.05) is 31.0 Å². The molecule has 4 atom stereocenters. The van der Waals surface area contributed by atoms with Crippen LogP contribution in [0.5, 0.6) is 0 Å². The van der Waals surface area contributed by atoms with Crippen LogP contribution in [-0.2, 0) is 4.79 Å². The zero-order valence-electron chi connectivity index (χ0n) is 11.3. The summed E-state index contributed by atoms with van der Waals surface area (Å²) in [5, 5.41) is 4.12. The lowest BCUT2D eigenvalue weighted by Crippen LogP contribution is -2.29. The number of rotatable bonds is 2. The minimum Gasteiger partial charge on any atom is -0.304 e. The molecule has 0 aromatic carbocycles. The van der Waals surface area contributed by atoms with Crippen molar-refractivity contribution in [2.45, 2.75) is 62.7 Å². The Morgan fingerprint density at radius 1 is 1.05 bits per heavy atom. The average molecular weight is 278 g/mol. The number of amidine groups is 1. The van der Waals surface area contributed by atoms with Crippen molar-refractivity contribution in [1.82, 2.24) is 5.32 Å². The smallest absolute Gasteiger partial charge is 0.239 e. The highest BCUT2D eigenvalue weighted by Gasteiger charge is 2.42. The molecule has 1 N–H and O–H groups in total. The van der Waals surface area contributed by atoms with Gasteiger partial charge in [0, 0.05) is 0 Å². The van der Waals surface area contributed by atoms with Crippen molar-refractivity contribution in [2.75, 3.05) is 0 Å². The first-order valence-electron chi connectivity index (χ1n) is 7.85. The molecule has 3 nitrogen and oxygen atoms in total. The average Bonchev–Trinajstić information content (AvgIpc) is 3.12. The van der Waals surface area contributed by atoms with Crippen LogP contribution in [0.3, 0.4) is 0 Å². The Labute approximate surface area is 119 Å². The lowest BCUT2D eigenvalue weighted by atomic mass is 9.96. The molecule has 2 bridgehead atoms. The Morgan fingerprint density at radius 3 is 2.58 bits per heavy atom. The van der Waals surface area contributed by atoms with Crippen molar-refractivity contribution in [1.29, 1.82) is 0 Å². The predicted molar refractivity (Wildman–Crippen MR) is 78.2 cm³/mol. The molecule has 0 aromatic rings. The maximum atomic E-state index is 12.1. The van der Waals surface area contributed by atoms with Gasteiger partial charge in [0.1, 0.15) is 0 Å². The van der Waals surface area contributed by atoms with Gasteiger partial charge in [0.2, 0.25) is 5.91 Å². The molecule has 1 unspecified atom stereocenters. The first-order valence-corrected chi connectivity index (χ1v) is 8.73. The van der Waals surface area contributed by atoms with Gasteiger partial charge in [-0.3, -0.25) is 9.79 Å².